The molecule has 122 valence electrons. The minimum absolute atomic E-state index is 0.387. The summed E-state index contributed by atoms with van der Waals surface area (Å²) in [4.78, 5) is 14.0. The first-order valence-electron chi connectivity index (χ1n) is 8.44. The van der Waals surface area contributed by atoms with Crippen molar-refractivity contribution in [2.45, 2.75) is 71.4 Å². The maximum atomic E-state index is 11.5. The van der Waals surface area contributed by atoms with Gasteiger partial charge in [-0.3, -0.25) is 10.1 Å². The van der Waals surface area contributed by atoms with Crippen LogP contribution in [0.3, 0.4) is 0 Å². The molecular weight excluding hydrogens is 264 g/mol. The van der Waals surface area contributed by atoms with E-state index >= 15 is 0 Å². The van der Waals surface area contributed by atoms with Crippen LogP contribution in [0.25, 0.3) is 0 Å². The third kappa shape index (κ3) is 4.68. The first-order chi connectivity index (χ1) is 9.71. The summed E-state index contributed by atoms with van der Waals surface area (Å²) in [5.41, 5.74) is -0.359. The van der Waals surface area contributed by atoms with Crippen LogP contribution in [0.2, 0.25) is 0 Å². The van der Waals surface area contributed by atoms with Gasteiger partial charge < -0.3 is 10.0 Å². The molecule has 0 aromatic heterocycles. The van der Waals surface area contributed by atoms with E-state index in [0.29, 0.717) is 11.5 Å². The fraction of sp³-hybridized carbons (Fsp3) is 0.941. The molecule has 1 saturated carbocycles. The van der Waals surface area contributed by atoms with E-state index in [0.717, 1.165) is 38.1 Å². The van der Waals surface area contributed by atoms with Crippen molar-refractivity contribution in [3.8, 4) is 0 Å². The first kappa shape index (κ1) is 16.8. The van der Waals surface area contributed by atoms with Gasteiger partial charge in [0.05, 0.1) is 0 Å². The summed E-state index contributed by atoms with van der Waals surface area (Å²) in [5, 5.41) is 12.8. The number of carboxylic acid groups (broad SMARTS) is 1. The van der Waals surface area contributed by atoms with E-state index in [1.807, 2.05) is 6.92 Å². The molecule has 0 spiro atoms. The second-order valence-electron chi connectivity index (χ2n) is 8.31. The van der Waals surface area contributed by atoms with Crippen LogP contribution < -0.4 is 5.32 Å². The monoisotopic (exact) mass is 296 g/mol. The van der Waals surface area contributed by atoms with Crippen molar-refractivity contribution in [3.63, 3.8) is 0 Å². The molecule has 0 radical (unpaired) electrons. The normalized spacial score (nSPS) is 26.8. The Balaban J connectivity index is 1.74. The number of hydrogen-bond donors (Lipinski definition) is 2. The van der Waals surface area contributed by atoms with Gasteiger partial charge in [-0.25, -0.2) is 0 Å². The SMILES string of the molecule is CC(CCCN1CCC(C(C)(C)C)C1)(NC1CC1)C(=O)O. The summed E-state index contributed by atoms with van der Waals surface area (Å²) in [5.74, 6) is 0.0661. The Morgan fingerprint density at radius 3 is 2.38 bits per heavy atom. The predicted octanol–water partition coefficient (Wildman–Crippen LogP) is 2.73. The zero-order valence-corrected chi connectivity index (χ0v) is 14.1. The van der Waals surface area contributed by atoms with Gasteiger partial charge in [0.15, 0.2) is 0 Å². The maximum absolute atomic E-state index is 11.5. The van der Waals surface area contributed by atoms with Crippen LogP contribution in [0.1, 0.15) is 59.8 Å². The highest BCUT2D eigenvalue weighted by atomic mass is 16.4. The molecular formula is C17H32N2O2. The summed E-state index contributed by atoms with van der Waals surface area (Å²) in [6, 6.07) is 0.433. The molecule has 0 amide bonds. The number of nitrogens with zero attached hydrogens (tertiary/aromatic N) is 1. The molecule has 0 aromatic rings. The molecule has 0 bridgehead atoms. The second kappa shape index (κ2) is 6.25. The van der Waals surface area contributed by atoms with E-state index in [1.165, 1.54) is 19.5 Å². The van der Waals surface area contributed by atoms with E-state index in [4.69, 9.17) is 0 Å². The van der Waals surface area contributed by atoms with Gasteiger partial charge in [0.2, 0.25) is 0 Å². The number of hydrogen-bond acceptors (Lipinski definition) is 3. The Bertz CT molecular complexity index is 373. The zero-order valence-electron chi connectivity index (χ0n) is 14.1. The van der Waals surface area contributed by atoms with Crippen LogP contribution in [-0.2, 0) is 4.79 Å². The highest BCUT2D eigenvalue weighted by Gasteiger charge is 2.38. The lowest BCUT2D eigenvalue weighted by Gasteiger charge is -2.28. The highest BCUT2D eigenvalue weighted by Crippen LogP contribution is 2.33. The predicted molar refractivity (Wildman–Crippen MR) is 85.4 cm³/mol. The lowest BCUT2D eigenvalue weighted by atomic mass is 9.80. The van der Waals surface area contributed by atoms with Crippen LogP contribution in [0, 0.1) is 11.3 Å². The van der Waals surface area contributed by atoms with Crippen molar-refractivity contribution in [3.05, 3.63) is 0 Å². The van der Waals surface area contributed by atoms with E-state index in [9.17, 15) is 9.90 Å². The quantitative estimate of drug-likeness (QED) is 0.758. The minimum Gasteiger partial charge on any atom is -0.480 e. The Labute approximate surface area is 129 Å². The molecule has 1 aliphatic carbocycles. The second-order valence-corrected chi connectivity index (χ2v) is 8.31. The van der Waals surface area contributed by atoms with Crippen LogP contribution >= 0.6 is 0 Å². The number of carbonyl (C=O) groups is 1. The number of carboxylic acids is 1. The fourth-order valence-electron chi connectivity index (χ4n) is 3.32. The van der Waals surface area contributed by atoms with Gasteiger partial charge >= 0.3 is 5.97 Å². The summed E-state index contributed by atoms with van der Waals surface area (Å²) >= 11 is 0. The molecule has 2 unspecified atom stereocenters. The summed E-state index contributed by atoms with van der Waals surface area (Å²) in [6.45, 7) is 12.2. The third-order valence-electron chi connectivity index (χ3n) is 5.22. The molecule has 2 aliphatic rings. The van der Waals surface area contributed by atoms with Crippen molar-refractivity contribution >= 4 is 5.97 Å². The zero-order chi connectivity index (χ0) is 15.7. The topological polar surface area (TPSA) is 52.6 Å². The van der Waals surface area contributed by atoms with Gasteiger partial charge in [-0.2, -0.15) is 0 Å². The van der Waals surface area contributed by atoms with Gasteiger partial charge in [-0.1, -0.05) is 20.8 Å². The number of likely N-dealkylation sites (tertiary alicyclic amines) is 1. The number of rotatable bonds is 7. The molecule has 1 heterocycles. The third-order valence-corrected chi connectivity index (χ3v) is 5.22. The van der Waals surface area contributed by atoms with E-state index in [1.54, 1.807) is 0 Å². The van der Waals surface area contributed by atoms with Gasteiger partial charge in [-0.05, 0) is 63.5 Å². The van der Waals surface area contributed by atoms with Crippen molar-refractivity contribution in [1.29, 1.82) is 0 Å². The maximum Gasteiger partial charge on any atom is 0.323 e. The number of nitrogens with one attached hydrogen (secondary N) is 1. The van der Waals surface area contributed by atoms with Crippen LogP contribution in [0.15, 0.2) is 0 Å². The summed E-state index contributed by atoms with van der Waals surface area (Å²) in [7, 11) is 0. The molecule has 2 atom stereocenters. The van der Waals surface area contributed by atoms with Crippen molar-refractivity contribution in [2.24, 2.45) is 11.3 Å². The van der Waals surface area contributed by atoms with Gasteiger partial charge in [0.25, 0.3) is 0 Å². The van der Waals surface area contributed by atoms with E-state index in [-0.39, 0.29) is 0 Å². The van der Waals surface area contributed by atoms with Crippen LogP contribution in [0.4, 0.5) is 0 Å². The average molecular weight is 296 g/mol. The molecule has 2 fully saturated rings. The van der Waals surface area contributed by atoms with Crippen molar-refractivity contribution in [2.75, 3.05) is 19.6 Å². The van der Waals surface area contributed by atoms with Gasteiger partial charge in [0.1, 0.15) is 5.54 Å². The van der Waals surface area contributed by atoms with E-state index in [2.05, 4.69) is 31.0 Å². The minimum atomic E-state index is -0.746. The molecule has 1 aliphatic heterocycles. The standard InChI is InChI=1S/C17H32N2O2/c1-16(2,3)13-8-11-19(12-13)10-5-9-17(4,15(20)21)18-14-6-7-14/h13-14,18H,5-12H2,1-4H3,(H,20,21). The van der Waals surface area contributed by atoms with E-state index < -0.39 is 11.5 Å². The smallest absolute Gasteiger partial charge is 0.323 e. The Kier molecular flexibility index (Phi) is 4.99. The van der Waals surface area contributed by atoms with Crippen molar-refractivity contribution in [1.82, 2.24) is 10.2 Å². The first-order valence-corrected chi connectivity index (χ1v) is 8.44. The molecule has 0 aromatic carbocycles. The molecule has 21 heavy (non-hydrogen) atoms. The van der Waals surface area contributed by atoms with Crippen LogP contribution in [0.5, 0.6) is 0 Å². The molecule has 4 heteroatoms. The Hall–Kier alpha value is -0.610. The highest BCUT2D eigenvalue weighted by molar-refractivity contribution is 5.78. The Morgan fingerprint density at radius 1 is 1.24 bits per heavy atom. The Morgan fingerprint density at radius 2 is 1.90 bits per heavy atom. The fourth-order valence-corrected chi connectivity index (χ4v) is 3.32. The van der Waals surface area contributed by atoms with Gasteiger partial charge in [0, 0.05) is 12.6 Å². The van der Waals surface area contributed by atoms with Crippen molar-refractivity contribution < 1.29 is 9.90 Å². The summed E-state index contributed by atoms with van der Waals surface area (Å²) < 4.78 is 0. The lowest BCUT2D eigenvalue weighted by Crippen LogP contribution is -2.50. The van der Waals surface area contributed by atoms with Gasteiger partial charge in [-0.15, -0.1) is 0 Å². The van der Waals surface area contributed by atoms with Crippen LogP contribution in [-0.4, -0.2) is 47.2 Å². The summed E-state index contributed by atoms with van der Waals surface area (Å²) in [6.07, 6.45) is 5.21. The molecule has 1 saturated heterocycles. The molecule has 2 rings (SSSR count). The number of aliphatic carboxylic acids is 1. The molecule has 2 N–H and O–H groups in total. The average Bonchev–Trinajstić information content (AvgIpc) is 3.02. The molecule has 4 nitrogen and oxygen atoms in total. The largest absolute Gasteiger partial charge is 0.480 e. The lowest BCUT2D eigenvalue weighted by molar-refractivity contribution is -0.144.